The predicted molar refractivity (Wildman–Crippen MR) is 96.0 cm³/mol. The standard InChI is InChI=1S/C14H14Cl3N3O2S/c1-19(2)13-10(14(21)22-3)12(23-4)18-20(13)11-8(16)5-7(15)6-9(11)17/h5-6H,1-4H3. The van der Waals surface area contributed by atoms with Crippen LogP contribution in [0.4, 0.5) is 5.82 Å². The summed E-state index contributed by atoms with van der Waals surface area (Å²) in [7, 11) is 4.91. The number of nitrogens with zero attached hydrogens (tertiary/aromatic N) is 3. The van der Waals surface area contributed by atoms with Gasteiger partial charge in [0.25, 0.3) is 0 Å². The van der Waals surface area contributed by atoms with E-state index in [0.29, 0.717) is 37.2 Å². The van der Waals surface area contributed by atoms with Gasteiger partial charge in [0.1, 0.15) is 22.1 Å². The minimum Gasteiger partial charge on any atom is -0.465 e. The third kappa shape index (κ3) is 3.40. The lowest BCUT2D eigenvalue weighted by Gasteiger charge is -2.18. The Kier molecular flexibility index (Phi) is 5.73. The van der Waals surface area contributed by atoms with E-state index in [2.05, 4.69) is 5.10 Å². The summed E-state index contributed by atoms with van der Waals surface area (Å²) in [6.07, 6.45) is 1.82. The number of rotatable bonds is 4. The average molecular weight is 395 g/mol. The topological polar surface area (TPSA) is 47.4 Å². The summed E-state index contributed by atoms with van der Waals surface area (Å²) in [5.41, 5.74) is 0.805. The number of esters is 1. The van der Waals surface area contributed by atoms with Crippen LogP contribution < -0.4 is 4.90 Å². The molecule has 0 fully saturated rings. The molecule has 5 nitrogen and oxygen atoms in total. The highest BCUT2D eigenvalue weighted by Gasteiger charge is 2.28. The number of aromatic nitrogens is 2. The van der Waals surface area contributed by atoms with Crippen LogP contribution in [0.15, 0.2) is 17.2 Å². The second-order valence-corrected chi connectivity index (χ2v) is 6.77. The van der Waals surface area contributed by atoms with E-state index in [-0.39, 0.29) is 0 Å². The Hall–Kier alpha value is -1.08. The van der Waals surface area contributed by atoms with Crippen LogP contribution in [0.25, 0.3) is 5.69 Å². The van der Waals surface area contributed by atoms with Crippen molar-refractivity contribution in [2.24, 2.45) is 0 Å². The SMILES string of the molecule is COC(=O)c1c(SC)nn(-c2c(Cl)cc(Cl)cc2Cl)c1N(C)C. The molecule has 0 aliphatic heterocycles. The van der Waals surface area contributed by atoms with Crippen LogP contribution in [0.5, 0.6) is 0 Å². The van der Waals surface area contributed by atoms with Crippen molar-refractivity contribution in [3.05, 3.63) is 32.8 Å². The number of anilines is 1. The molecule has 0 spiro atoms. The number of hydrogen-bond donors (Lipinski definition) is 0. The normalized spacial score (nSPS) is 10.7. The van der Waals surface area contributed by atoms with E-state index in [4.69, 9.17) is 39.5 Å². The molecule has 0 amide bonds. The molecule has 1 aromatic heterocycles. The fourth-order valence-electron chi connectivity index (χ4n) is 2.12. The highest BCUT2D eigenvalue weighted by molar-refractivity contribution is 7.98. The highest BCUT2D eigenvalue weighted by atomic mass is 35.5. The summed E-state index contributed by atoms with van der Waals surface area (Å²) in [6, 6.07) is 3.14. The van der Waals surface area contributed by atoms with Crippen LogP contribution in [0.3, 0.4) is 0 Å². The molecular weight excluding hydrogens is 381 g/mol. The number of halogens is 3. The van der Waals surface area contributed by atoms with E-state index in [9.17, 15) is 4.79 Å². The number of methoxy groups -OCH3 is 1. The summed E-state index contributed by atoms with van der Waals surface area (Å²) in [5, 5.41) is 6.06. The van der Waals surface area contributed by atoms with Gasteiger partial charge in [0.15, 0.2) is 0 Å². The predicted octanol–water partition coefficient (Wildman–Crippen LogP) is 4.41. The quantitative estimate of drug-likeness (QED) is 0.568. The van der Waals surface area contributed by atoms with E-state index in [1.54, 1.807) is 31.1 Å². The number of carbonyl (C=O) groups excluding carboxylic acids is 1. The highest BCUT2D eigenvalue weighted by Crippen LogP contribution is 2.38. The maximum absolute atomic E-state index is 12.2. The molecule has 0 radical (unpaired) electrons. The van der Waals surface area contributed by atoms with Crippen molar-refractivity contribution < 1.29 is 9.53 Å². The third-order valence-electron chi connectivity index (χ3n) is 3.03. The number of thioether (sulfide) groups is 1. The van der Waals surface area contributed by atoms with Gasteiger partial charge in [0, 0.05) is 19.1 Å². The molecule has 1 heterocycles. The van der Waals surface area contributed by atoms with Crippen molar-refractivity contribution in [1.29, 1.82) is 0 Å². The molecule has 9 heteroatoms. The van der Waals surface area contributed by atoms with Crippen LogP contribution in [0, 0.1) is 0 Å². The number of benzene rings is 1. The first-order valence-corrected chi connectivity index (χ1v) is 8.75. The van der Waals surface area contributed by atoms with E-state index in [1.165, 1.54) is 23.6 Å². The molecule has 0 aliphatic carbocycles. The van der Waals surface area contributed by atoms with Gasteiger partial charge in [-0.2, -0.15) is 5.10 Å². The average Bonchev–Trinajstić information content (AvgIpc) is 2.84. The summed E-state index contributed by atoms with van der Waals surface area (Å²) < 4.78 is 6.41. The fourth-order valence-corrected chi connectivity index (χ4v) is 3.64. The van der Waals surface area contributed by atoms with Crippen LogP contribution in [0.1, 0.15) is 10.4 Å². The Morgan fingerprint density at radius 2 is 1.83 bits per heavy atom. The van der Waals surface area contributed by atoms with E-state index < -0.39 is 5.97 Å². The smallest absolute Gasteiger partial charge is 0.344 e. The van der Waals surface area contributed by atoms with Gasteiger partial charge in [-0.05, 0) is 18.4 Å². The zero-order valence-electron chi connectivity index (χ0n) is 12.9. The van der Waals surface area contributed by atoms with Crippen molar-refractivity contribution in [2.75, 3.05) is 32.4 Å². The molecule has 0 saturated carbocycles. The first-order chi connectivity index (χ1) is 10.8. The van der Waals surface area contributed by atoms with Crippen molar-refractivity contribution >= 4 is 58.4 Å². The molecule has 0 N–H and O–H groups in total. The number of ether oxygens (including phenoxy) is 1. The minimum absolute atomic E-state index is 0.331. The van der Waals surface area contributed by atoms with Crippen LogP contribution in [-0.2, 0) is 4.74 Å². The molecule has 0 atom stereocenters. The van der Waals surface area contributed by atoms with Gasteiger partial charge in [-0.15, -0.1) is 11.8 Å². The molecule has 2 aromatic rings. The first kappa shape index (κ1) is 18.3. The molecule has 2 rings (SSSR count). The van der Waals surface area contributed by atoms with Gasteiger partial charge in [-0.25, -0.2) is 9.48 Å². The van der Waals surface area contributed by atoms with Gasteiger partial charge in [-0.3, -0.25) is 0 Å². The lowest BCUT2D eigenvalue weighted by molar-refractivity contribution is 0.0597. The van der Waals surface area contributed by atoms with E-state index >= 15 is 0 Å². The van der Waals surface area contributed by atoms with Crippen LogP contribution >= 0.6 is 46.6 Å². The lowest BCUT2D eigenvalue weighted by atomic mass is 10.3. The van der Waals surface area contributed by atoms with Gasteiger partial charge in [0.2, 0.25) is 0 Å². The van der Waals surface area contributed by atoms with Gasteiger partial charge < -0.3 is 9.64 Å². The molecule has 1 aromatic carbocycles. The van der Waals surface area contributed by atoms with Gasteiger partial charge >= 0.3 is 5.97 Å². The minimum atomic E-state index is -0.481. The molecular formula is C14H14Cl3N3O2S. The maximum atomic E-state index is 12.2. The van der Waals surface area contributed by atoms with E-state index in [0.717, 1.165) is 0 Å². The first-order valence-electron chi connectivity index (χ1n) is 6.39. The largest absolute Gasteiger partial charge is 0.465 e. The van der Waals surface area contributed by atoms with E-state index in [1.807, 2.05) is 6.26 Å². The maximum Gasteiger partial charge on any atom is 0.344 e. The van der Waals surface area contributed by atoms with Crippen molar-refractivity contribution in [2.45, 2.75) is 5.03 Å². The number of carbonyl (C=O) groups is 1. The Morgan fingerprint density at radius 1 is 1.26 bits per heavy atom. The number of hydrogen-bond acceptors (Lipinski definition) is 5. The second-order valence-electron chi connectivity index (χ2n) is 4.72. The molecule has 0 bridgehead atoms. The summed E-state index contributed by atoms with van der Waals surface area (Å²) >= 11 is 19.9. The third-order valence-corrected chi connectivity index (χ3v) is 4.50. The molecule has 0 unspecified atom stereocenters. The monoisotopic (exact) mass is 393 g/mol. The molecule has 124 valence electrons. The summed E-state index contributed by atoms with van der Waals surface area (Å²) in [4.78, 5) is 13.9. The lowest BCUT2D eigenvalue weighted by Crippen LogP contribution is -2.18. The van der Waals surface area contributed by atoms with Crippen LogP contribution in [-0.4, -0.2) is 43.2 Å². The van der Waals surface area contributed by atoms with Gasteiger partial charge in [0.05, 0.1) is 17.2 Å². The van der Waals surface area contributed by atoms with Crippen molar-refractivity contribution in [3.8, 4) is 5.69 Å². The zero-order valence-corrected chi connectivity index (χ0v) is 15.9. The molecule has 0 saturated heterocycles. The Bertz CT molecular complexity index is 739. The van der Waals surface area contributed by atoms with Crippen LogP contribution in [0.2, 0.25) is 15.1 Å². The molecule has 0 aliphatic rings. The van der Waals surface area contributed by atoms with Crippen molar-refractivity contribution in [1.82, 2.24) is 9.78 Å². The fraction of sp³-hybridized carbons (Fsp3) is 0.286. The Balaban J connectivity index is 2.83. The summed E-state index contributed by atoms with van der Waals surface area (Å²) in [5.74, 6) is 0.0397. The summed E-state index contributed by atoms with van der Waals surface area (Å²) in [6.45, 7) is 0. The second kappa shape index (κ2) is 7.21. The molecule has 23 heavy (non-hydrogen) atoms. The Labute approximate surface area is 153 Å². The van der Waals surface area contributed by atoms with Crippen molar-refractivity contribution in [3.63, 3.8) is 0 Å². The zero-order chi connectivity index (χ0) is 17.3. The van der Waals surface area contributed by atoms with Gasteiger partial charge in [-0.1, -0.05) is 34.8 Å². The Morgan fingerprint density at radius 3 is 2.26 bits per heavy atom.